The molecule has 0 unspecified atom stereocenters. The maximum absolute atomic E-state index is 11.9. The van der Waals surface area contributed by atoms with Gasteiger partial charge in [-0.15, -0.1) is 0 Å². The zero-order chi connectivity index (χ0) is 22.5. The summed E-state index contributed by atoms with van der Waals surface area (Å²) in [5.74, 6) is -0.458. The Bertz CT molecular complexity index is 1190. The number of aryl methyl sites for hydroxylation is 2. The number of hydrogen-bond donors (Lipinski definition) is 0. The van der Waals surface area contributed by atoms with E-state index in [-0.39, 0.29) is 11.9 Å². The molecule has 0 fully saturated rings. The molecule has 0 aliphatic heterocycles. The molecule has 4 aromatic rings. The SMILES string of the molecule is COC(=O)CCc1ccc2ccccc2c1-c1c(CCC(=O)OC)ccc2ccccc12. The molecule has 0 N–H and O–H groups in total. The summed E-state index contributed by atoms with van der Waals surface area (Å²) in [6, 6.07) is 25.0. The molecule has 0 spiro atoms. The Hall–Kier alpha value is -3.66. The Morgan fingerprint density at radius 2 is 1.00 bits per heavy atom. The van der Waals surface area contributed by atoms with Crippen LogP contribution >= 0.6 is 0 Å². The summed E-state index contributed by atoms with van der Waals surface area (Å²) in [7, 11) is 2.83. The minimum atomic E-state index is -0.229. The van der Waals surface area contributed by atoms with Crippen LogP contribution in [-0.4, -0.2) is 26.2 Å². The monoisotopic (exact) mass is 426 g/mol. The Balaban J connectivity index is 1.98. The normalized spacial score (nSPS) is 10.9. The third-order valence-corrected chi connectivity index (χ3v) is 5.93. The van der Waals surface area contributed by atoms with Gasteiger partial charge in [-0.05, 0) is 56.6 Å². The van der Waals surface area contributed by atoms with Crippen LogP contribution in [-0.2, 0) is 31.9 Å². The van der Waals surface area contributed by atoms with E-state index in [1.165, 1.54) is 14.2 Å². The van der Waals surface area contributed by atoms with Gasteiger partial charge in [0.1, 0.15) is 0 Å². The van der Waals surface area contributed by atoms with Crippen molar-refractivity contribution in [3.05, 3.63) is 83.9 Å². The first-order valence-electron chi connectivity index (χ1n) is 10.8. The third kappa shape index (κ3) is 4.35. The fourth-order valence-corrected chi connectivity index (χ4v) is 4.32. The third-order valence-electron chi connectivity index (χ3n) is 5.93. The zero-order valence-corrected chi connectivity index (χ0v) is 18.4. The number of benzene rings is 4. The Labute approximate surface area is 187 Å². The smallest absolute Gasteiger partial charge is 0.305 e. The van der Waals surface area contributed by atoms with Gasteiger partial charge in [-0.25, -0.2) is 0 Å². The van der Waals surface area contributed by atoms with Crippen LogP contribution in [0.15, 0.2) is 72.8 Å². The van der Waals surface area contributed by atoms with Crippen molar-refractivity contribution in [1.29, 1.82) is 0 Å². The van der Waals surface area contributed by atoms with Crippen molar-refractivity contribution in [2.45, 2.75) is 25.7 Å². The molecule has 0 aliphatic rings. The molecule has 0 atom stereocenters. The topological polar surface area (TPSA) is 52.6 Å². The first-order chi connectivity index (χ1) is 15.6. The standard InChI is InChI=1S/C28H26O4/c1-31-25(29)17-15-21-13-11-19-7-3-5-9-23(19)27(21)28-22(16-18-26(30)32-2)14-12-20-8-4-6-10-24(20)28/h3-14H,15-18H2,1-2H3. The van der Waals surface area contributed by atoms with E-state index in [0.29, 0.717) is 25.7 Å². The molecule has 0 saturated carbocycles. The van der Waals surface area contributed by atoms with Crippen LogP contribution in [0.3, 0.4) is 0 Å². The largest absolute Gasteiger partial charge is 0.469 e. The molecule has 4 aromatic carbocycles. The highest BCUT2D eigenvalue weighted by Crippen LogP contribution is 2.40. The van der Waals surface area contributed by atoms with Gasteiger partial charge >= 0.3 is 11.9 Å². The molecule has 4 rings (SSSR count). The number of ether oxygens (including phenoxy) is 2. The lowest BCUT2D eigenvalue weighted by molar-refractivity contribution is -0.141. The average molecular weight is 427 g/mol. The van der Waals surface area contributed by atoms with Gasteiger partial charge in [0.25, 0.3) is 0 Å². The number of hydrogen-bond acceptors (Lipinski definition) is 4. The summed E-state index contributed by atoms with van der Waals surface area (Å²) in [5, 5.41) is 4.53. The molecule has 0 amide bonds. The van der Waals surface area contributed by atoms with Gasteiger partial charge in [-0.3, -0.25) is 9.59 Å². The summed E-state index contributed by atoms with van der Waals surface area (Å²) in [4.78, 5) is 23.8. The quantitative estimate of drug-likeness (QED) is 0.347. The van der Waals surface area contributed by atoms with Crippen LogP contribution in [0, 0.1) is 0 Å². The summed E-state index contributed by atoms with van der Waals surface area (Å²) in [6.07, 6.45) is 1.77. The number of carbonyl (C=O) groups is 2. The van der Waals surface area contributed by atoms with Gasteiger partial charge in [0, 0.05) is 12.8 Å². The first-order valence-corrected chi connectivity index (χ1v) is 10.8. The second kappa shape index (κ2) is 9.65. The molecule has 0 aromatic heterocycles. The van der Waals surface area contributed by atoms with Gasteiger partial charge in [-0.1, -0.05) is 72.8 Å². The van der Waals surface area contributed by atoms with Crippen LogP contribution in [0.4, 0.5) is 0 Å². The van der Waals surface area contributed by atoms with E-state index < -0.39 is 0 Å². The van der Waals surface area contributed by atoms with Crippen molar-refractivity contribution in [2.24, 2.45) is 0 Å². The lowest BCUT2D eigenvalue weighted by Crippen LogP contribution is -2.05. The van der Waals surface area contributed by atoms with Gasteiger partial charge in [0.05, 0.1) is 14.2 Å². The minimum absolute atomic E-state index is 0.229. The zero-order valence-electron chi connectivity index (χ0n) is 18.4. The Kier molecular flexibility index (Phi) is 6.50. The maximum atomic E-state index is 11.9. The highest BCUT2D eigenvalue weighted by atomic mass is 16.5. The summed E-state index contributed by atoms with van der Waals surface area (Å²) in [5.41, 5.74) is 4.40. The van der Waals surface area contributed by atoms with Crippen molar-refractivity contribution >= 4 is 33.5 Å². The van der Waals surface area contributed by atoms with E-state index in [4.69, 9.17) is 9.47 Å². The second-order valence-corrected chi connectivity index (χ2v) is 7.79. The molecule has 4 heteroatoms. The van der Waals surface area contributed by atoms with Crippen molar-refractivity contribution in [3.8, 4) is 11.1 Å². The average Bonchev–Trinajstić information content (AvgIpc) is 2.85. The van der Waals surface area contributed by atoms with Crippen LogP contribution in [0.25, 0.3) is 32.7 Å². The van der Waals surface area contributed by atoms with Crippen molar-refractivity contribution in [1.82, 2.24) is 0 Å². The molecule has 0 radical (unpaired) electrons. The lowest BCUT2D eigenvalue weighted by Gasteiger charge is -2.19. The number of esters is 2. The van der Waals surface area contributed by atoms with Crippen molar-refractivity contribution < 1.29 is 19.1 Å². The van der Waals surface area contributed by atoms with Crippen LogP contribution in [0.5, 0.6) is 0 Å². The summed E-state index contributed by atoms with van der Waals surface area (Å²) in [6.45, 7) is 0. The van der Waals surface area contributed by atoms with E-state index in [1.54, 1.807) is 0 Å². The number of rotatable bonds is 7. The van der Waals surface area contributed by atoms with E-state index in [2.05, 4.69) is 48.5 Å². The predicted octanol–water partition coefficient (Wildman–Crippen LogP) is 5.87. The Morgan fingerprint density at radius 3 is 1.41 bits per heavy atom. The van der Waals surface area contributed by atoms with Crippen LogP contribution in [0.2, 0.25) is 0 Å². The van der Waals surface area contributed by atoms with Gasteiger partial charge in [0.2, 0.25) is 0 Å². The van der Waals surface area contributed by atoms with Crippen molar-refractivity contribution in [3.63, 3.8) is 0 Å². The predicted molar refractivity (Wildman–Crippen MR) is 128 cm³/mol. The van der Waals surface area contributed by atoms with Crippen LogP contribution < -0.4 is 0 Å². The molecular formula is C28H26O4. The van der Waals surface area contributed by atoms with Gasteiger partial charge in [0.15, 0.2) is 0 Å². The molecule has 4 nitrogen and oxygen atoms in total. The second-order valence-electron chi connectivity index (χ2n) is 7.79. The first kappa shape index (κ1) is 21.6. The summed E-state index contributed by atoms with van der Waals surface area (Å²) >= 11 is 0. The number of fused-ring (bicyclic) bond motifs is 2. The summed E-state index contributed by atoms with van der Waals surface area (Å²) < 4.78 is 9.77. The van der Waals surface area contributed by atoms with Gasteiger partial charge in [-0.2, -0.15) is 0 Å². The molecule has 32 heavy (non-hydrogen) atoms. The van der Waals surface area contributed by atoms with E-state index in [9.17, 15) is 9.59 Å². The molecule has 0 bridgehead atoms. The molecule has 0 aliphatic carbocycles. The highest BCUT2D eigenvalue weighted by molar-refractivity contribution is 6.08. The van der Waals surface area contributed by atoms with E-state index >= 15 is 0 Å². The lowest BCUT2D eigenvalue weighted by atomic mass is 9.85. The molecule has 162 valence electrons. The number of carbonyl (C=O) groups excluding carboxylic acids is 2. The Morgan fingerprint density at radius 1 is 0.594 bits per heavy atom. The molecule has 0 saturated heterocycles. The maximum Gasteiger partial charge on any atom is 0.305 e. The van der Waals surface area contributed by atoms with E-state index in [1.807, 2.05) is 24.3 Å². The van der Waals surface area contributed by atoms with Crippen molar-refractivity contribution in [2.75, 3.05) is 14.2 Å². The molecule has 0 heterocycles. The minimum Gasteiger partial charge on any atom is -0.469 e. The number of methoxy groups -OCH3 is 2. The fraction of sp³-hybridized carbons (Fsp3) is 0.214. The molecular weight excluding hydrogens is 400 g/mol. The van der Waals surface area contributed by atoms with E-state index in [0.717, 1.165) is 43.8 Å². The van der Waals surface area contributed by atoms with Crippen LogP contribution in [0.1, 0.15) is 24.0 Å². The highest BCUT2D eigenvalue weighted by Gasteiger charge is 2.18. The van der Waals surface area contributed by atoms with Gasteiger partial charge < -0.3 is 9.47 Å². The fourth-order valence-electron chi connectivity index (χ4n) is 4.32.